The molecule has 2 aromatic rings. The average molecular weight is 423 g/mol. The lowest BCUT2D eigenvalue weighted by molar-refractivity contribution is -0.128. The monoisotopic (exact) mass is 422 g/mol. The van der Waals surface area contributed by atoms with Crippen molar-refractivity contribution in [3.8, 4) is 0 Å². The Morgan fingerprint density at radius 1 is 1.00 bits per heavy atom. The van der Waals surface area contributed by atoms with Gasteiger partial charge in [-0.15, -0.1) is 0 Å². The summed E-state index contributed by atoms with van der Waals surface area (Å²) < 4.78 is 0. The van der Waals surface area contributed by atoms with Gasteiger partial charge in [0.2, 0.25) is 11.8 Å². The minimum Gasteiger partial charge on any atom is -0.350 e. The highest BCUT2D eigenvalue weighted by Gasteiger charge is 2.25. The van der Waals surface area contributed by atoms with Gasteiger partial charge in [0, 0.05) is 31.7 Å². The molecule has 1 atom stereocenters. The molecular formula is C24H30N4O3. The van der Waals surface area contributed by atoms with Crippen LogP contribution in [0.5, 0.6) is 0 Å². The maximum atomic E-state index is 12.8. The summed E-state index contributed by atoms with van der Waals surface area (Å²) in [5.41, 5.74) is 2.65. The van der Waals surface area contributed by atoms with Crippen LogP contribution in [0.4, 0.5) is 10.5 Å². The molecule has 0 radical (unpaired) electrons. The molecule has 7 heteroatoms. The summed E-state index contributed by atoms with van der Waals surface area (Å²) >= 11 is 0. The first kappa shape index (κ1) is 22.3. The second-order valence-corrected chi connectivity index (χ2v) is 8.09. The molecule has 1 aliphatic rings. The molecule has 0 aliphatic carbocycles. The van der Waals surface area contributed by atoms with Crippen LogP contribution in [0.15, 0.2) is 54.6 Å². The van der Waals surface area contributed by atoms with Gasteiger partial charge < -0.3 is 20.9 Å². The topological polar surface area (TPSA) is 90.5 Å². The standard InChI is InChI=1S/C24H30N4O3/c1-17(2)22(27-24(31)26-20-11-4-3-5-12-20)23(30)25-15-18-9-6-7-10-19(18)16-28-14-8-13-21(28)29/h3-7,9-12,17,22H,8,13-16H2,1-2H3,(H,25,30)(H2,26,27,31). The first-order valence-corrected chi connectivity index (χ1v) is 10.7. The van der Waals surface area contributed by atoms with Gasteiger partial charge in [-0.1, -0.05) is 56.3 Å². The molecule has 0 saturated carbocycles. The first-order chi connectivity index (χ1) is 14.9. The highest BCUT2D eigenvalue weighted by molar-refractivity contribution is 5.93. The van der Waals surface area contributed by atoms with Crippen LogP contribution in [0.3, 0.4) is 0 Å². The third-order valence-electron chi connectivity index (χ3n) is 5.37. The minimum absolute atomic E-state index is 0.0843. The second-order valence-electron chi connectivity index (χ2n) is 8.09. The number of likely N-dealkylation sites (tertiary alicyclic amines) is 1. The highest BCUT2D eigenvalue weighted by Crippen LogP contribution is 2.17. The third-order valence-corrected chi connectivity index (χ3v) is 5.37. The van der Waals surface area contributed by atoms with Crippen LogP contribution in [0.2, 0.25) is 0 Å². The van der Waals surface area contributed by atoms with E-state index in [0.717, 1.165) is 24.1 Å². The van der Waals surface area contributed by atoms with Crippen molar-refractivity contribution in [1.29, 1.82) is 0 Å². The molecule has 1 saturated heterocycles. The summed E-state index contributed by atoms with van der Waals surface area (Å²) in [6.45, 7) is 5.44. The van der Waals surface area contributed by atoms with Gasteiger partial charge in [-0.05, 0) is 35.6 Å². The molecule has 1 aliphatic heterocycles. The summed E-state index contributed by atoms with van der Waals surface area (Å²) in [4.78, 5) is 39.0. The molecule has 0 aromatic heterocycles. The fourth-order valence-corrected chi connectivity index (χ4v) is 3.62. The zero-order valence-corrected chi connectivity index (χ0v) is 18.1. The lowest BCUT2D eigenvalue weighted by Crippen LogP contribution is -2.50. The third kappa shape index (κ3) is 6.31. The van der Waals surface area contributed by atoms with E-state index in [9.17, 15) is 14.4 Å². The van der Waals surface area contributed by atoms with Crippen LogP contribution in [-0.4, -0.2) is 35.3 Å². The summed E-state index contributed by atoms with van der Waals surface area (Å²) in [6, 6.07) is 15.8. The van der Waals surface area contributed by atoms with E-state index in [2.05, 4.69) is 16.0 Å². The Labute approximate surface area is 183 Å². The fourth-order valence-electron chi connectivity index (χ4n) is 3.62. The van der Waals surface area contributed by atoms with Gasteiger partial charge in [-0.25, -0.2) is 4.79 Å². The number of para-hydroxylation sites is 1. The number of urea groups is 1. The Morgan fingerprint density at radius 3 is 2.32 bits per heavy atom. The number of carbonyl (C=O) groups is 3. The lowest BCUT2D eigenvalue weighted by atomic mass is 10.0. The Balaban J connectivity index is 1.59. The van der Waals surface area contributed by atoms with Gasteiger partial charge in [-0.2, -0.15) is 0 Å². The van der Waals surface area contributed by atoms with Crippen LogP contribution < -0.4 is 16.0 Å². The van der Waals surface area contributed by atoms with E-state index in [-0.39, 0.29) is 17.7 Å². The zero-order valence-electron chi connectivity index (χ0n) is 18.1. The smallest absolute Gasteiger partial charge is 0.319 e. The number of nitrogens with zero attached hydrogens (tertiary/aromatic N) is 1. The van der Waals surface area contributed by atoms with Crippen LogP contribution >= 0.6 is 0 Å². The Kier molecular flexibility index (Phi) is 7.65. The number of carbonyl (C=O) groups excluding carboxylic acids is 3. The number of hydrogen-bond acceptors (Lipinski definition) is 3. The summed E-state index contributed by atoms with van der Waals surface area (Å²) in [5.74, 6) is -0.156. The van der Waals surface area contributed by atoms with Crippen LogP contribution in [0.1, 0.15) is 37.8 Å². The quantitative estimate of drug-likeness (QED) is 0.610. The van der Waals surface area contributed by atoms with Gasteiger partial charge in [-0.3, -0.25) is 9.59 Å². The molecule has 1 unspecified atom stereocenters. The van der Waals surface area contributed by atoms with Gasteiger partial charge >= 0.3 is 6.03 Å². The van der Waals surface area contributed by atoms with E-state index in [1.54, 1.807) is 12.1 Å². The Hall–Kier alpha value is -3.35. The Bertz CT molecular complexity index is 914. The predicted molar refractivity (Wildman–Crippen MR) is 120 cm³/mol. The van der Waals surface area contributed by atoms with Crippen LogP contribution in [0, 0.1) is 5.92 Å². The molecule has 3 N–H and O–H groups in total. The maximum Gasteiger partial charge on any atom is 0.319 e. The summed E-state index contributed by atoms with van der Waals surface area (Å²) in [5, 5.41) is 8.45. The second kappa shape index (κ2) is 10.6. The number of hydrogen-bond donors (Lipinski definition) is 3. The molecule has 0 spiro atoms. The number of amides is 4. The molecule has 3 rings (SSSR count). The Morgan fingerprint density at radius 2 is 1.68 bits per heavy atom. The predicted octanol–water partition coefficient (Wildman–Crippen LogP) is 3.27. The summed E-state index contributed by atoms with van der Waals surface area (Å²) in [6.07, 6.45) is 1.50. The molecule has 31 heavy (non-hydrogen) atoms. The molecular weight excluding hydrogens is 392 g/mol. The van der Waals surface area contributed by atoms with Crippen molar-refractivity contribution in [2.75, 3.05) is 11.9 Å². The SMILES string of the molecule is CC(C)C(NC(=O)Nc1ccccc1)C(=O)NCc1ccccc1CN1CCCC1=O. The van der Waals surface area contributed by atoms with Crippen molar-refractivity contribution >= 4 is 23.5 Å². The minimum atomic E-state index is -0.670. The molecule has 164 valence electrons. The van der Waals surface area contributed by atoms with Gasteiger partial charge in [0.1, 0.15) is 6.04 Å². The largest absolute Gasteiger partial charge is 0.350 e. The molecule has 1 fully saturated rings. The molecule has 1 heterocycles. The molecule has 4 amide bonds. The number of benzene rings is 2. The number of rotatable bonds is 8. The van der Waals surface area contributed by atoms with Gasteiger partial charge in [0.15, 0.2) is 0 Å². The normalized spacial score (nSPS) is 14.4. The van der Waals surface area contributed by atoms with Crippen molar-refractivity contribution in [3.63, 3.8) is 0 Å². The average Bonchev–Trinajstić information content (AvgIpc) is 3.16. The summed E-state index contributed by atoms with van der Waals surface area (Å²) in [7, 11) is 0. The number of nitrogens with one attached hydrogen (secondary N) is 3. The van der Waals surface area contributed by atoms with Crippen LogP contribution in [-0.2, 0) is 22.7 Å². The van der Waals surface area contributed by atoms with Gasteiger partial charge in [0.05, 0.1) is 0 Å². The highest BCUT2D eigenvalue weighted by atomic mass is 16.2. The van der Waals surface area contributed by atoms with Crippen LogP contribution in [0.25, 0.3) is 0 Å². The van der Waals surface area contributed by atoms with E-state index < -0.39 is 12.1 Å². The zero-order chi connectivity index (χ0) is 22.2. The molecule has 7 nitrogen and oxygen atoms in total. The van der Waals surface area contributed by atoms with Gasteiger partial charge in [0.25, 0.3) is 0 Å². The van der Waals surface area contributed by atoms with E-state index in [1.807, 2.05) is 61.2 Å². The van der Waals surface area contributed by atoms with Crippen molar-refractivity contribution in [3.05, 3.63) is 65.7 Å². The van der Waals surface area contributed by atoms with Crippen molar-refractivity contribution in [1.82, 2.24) is 15.5 Å². The lowest BCUT2D eigenvalue weighted by Gasteiger charge is -2.23. The molecule has 0 bridgehead atoms. The fraction of sp³-hybridized carbons (Fsp3) is 0.375. The molecule has 2 aromatic carbocycles. The van der Waals surface area contributed by atoms with E-state index in [4.69, 9.17) is 0 Å². The van der Waals surface area contributed by atoms with Crippen molar-refractivity contribution in [2.24, 2.45) is 5.92 Å². The first-order valence-electron chi connectivity index (χ1n) is 10.7. The maximum absolute atomic E-state index is 12.8. The van der Waals surface area contributed by atoms with E-state index in [0.29, 0.717) is 25.2 Å². The van der Waals surface area contributed by atoms with Crippen molar-refractivity contribution < 1.29 is 14.4 Å². The number of anilines is 1. The van der Waals surface area contributed by atoms with E-state index >= 15 is 0 Å². The van der Waals surface area contributed by atoms with E-state index in [1.165, 1.54) is 0 Å². The van der Waals surface area contributed by atoms with Crippen molar-refractivity contribution in [2.45, 2.75) is 45.8 Å².